The highest BCUT2D eigenvalue weighted by Crippen LogP contribution is 2.16. The number of nitrogens with zero attached hydrogens (tertiary/aromatic N) is 3. The summed E-state index contributed by atoms with van der Waals surface area (Å²) in [5.74, 6) is 1.25. The highest BCUT2D eigenvalue weighted by molar-refractivity contribution is 5.93. The highest BCUT2D eigenvalue weighted by Gasteiger charge is 2.19. The van der Waals surface area contributed by atoms with Crippen LogP contribution in [0.25, 0.3) is 6.08 Å². The standard InChI is InChI=1S/C18H22N4O2/c23-18(16-11-19-14-20-12-16)21-10-15-4-1-7-22(13-15)8-2-5-17-6-3-9-24-17/h2-3,5-6,9,11-12,14-15H,1,4,7-8,10,13H2,(H,21,23). The maximum absolute atomic E-state index is 12.0. The summed E-state index contributed by atoms with van der Waals surface area (Å²) in [7, 11) is 0. The van der Waals surface area contributed by atoms with Crippen LogP contribution < -0.4 is 5.32 Å². The monoisotopic (exact) mass is 326 g/mol. The fourth-order valence-corrected chi connectivity index (χ4v) is 2.94. The van der Waals surface area contributed by atoms with Crippen molar-refractivity contribution in [1.82, 2.24) is 20.2 Å². The molecule has 1 aliphatic heterocycles. The molecule has 6 heteroatoms. The summed E-state index contributed by atoms with van der Waals surface area (Å²) in [6.07, 6.45) is 12.6. The number of amides is 1. The predicted molar refractivity (Wildman–Crippen MR) is 91.3 cm³/mol. The lowest BCUT2D eigenvalue weighted by Gasteiger charge is -2.32. The molecule has 3 rings (SSSR count). The van der Waals surface area contributed by atoms with Crippen molar-refractivity contribution in [2.45, 2.75) is 12.8 Å². The molecule has 0 aromatic carbocycles. The first-order chi connectivity index (χ1) is 11.8. The van der Waals surface area contributed by atoms with Crippen LogP contribution in [0.3, 0.4) is 0 Å². The molecule has 1 amide bonds. The van der Waals surface area contributed by atoms with Crippen molar-refractivity contribution < 1.29 is 9.21 Å². The van der Waals surface area contributed by atoms with Gasteiger partial charge in [-0.1, -0.05) is 6.08 Å². The van der Waals surface area contributed by atoms with Crippen LogP contribution in [0.15, 0.2) is 47.6 Å². The Kier molecular flexibility index (Phi) is 5.74. The molecule has 6 nitrogen and oxygen atoms in total. The number of hydrogen-bond donors (Lipinski definition) is 1. The minimum atomic E-state index is -0.106. The minimum Gasteiger partial charge on any atom is -0.465 e. The molecular weight excluding hydrogens is 304 g/mol. The van der Waals surface area contributed by atoms with Crippen LogP contribution in [0.5, 0.6) is 0 Å². The fraction of sp³-hybridized carbons (Fsp3) is 0.389. The number of nitrogens with one attached hydrogen (secondary N) is 1. The lowest BCUT2D eigenvalue weighted by atomic mass is 9.98. The maximum atomic E-state index is 12.0. The van der Waals surface area contributed by atoms with Gasteiger partial charge >= 0.3 is 0 Å². The van der Waals surface area contributed by atoms with E-state index in [1.807, 2.05) is 18.2 Å². The van der Waals surface area contributed by atoms with E-state index in [2.05, 4.69) is 26.3 Å². The fourth-order valence-electron chi connectivity index (χ4n) is 2.94. The van der Waals surface area contributed by atoms with Gasteiger partial charge in [0.2, 0.25) is 0 Å². The molecule has 1 aliphatic rings. The van der Waals surface area contributed by atoms with E-state index in [1.165, 1.54) is 18.7 Å². The number of furan rings is 1. The van der Waals surface area contributed by atoms with Gasteiger partial charge in [-0.15, -0.1) is 0 Å². The molecule has 0 spiro atoms. The predicted octanol–water partition coefficient (Wildman–Crippen LogP) is 2.22. The van der Waals surface area contributed by atoms with E-state index in [0.29, 0.717) is 18.0 Å². The molecule has 0 saturated carbocycles. The van der Waals surface area contributed by atoms with Crippen LogP contribution in [0, 0.1) is 5.92 Å². The topological polar surface area (TPSA) is 71.3 Å². The van der Waals surface area contributed by atoms with Gasteiger partial charge in [-0.05, 0) is 43.5 Å². The van der Waals surface area contributed by atoms with E-state index >= 15 is 0 Å². The van der Waals surface area contributed by atoms with E-state index in [1.54, 1.807) is 6.26 Å². The summed E-state index contributed by atoms with van der Waals surface area (Å²) in [6.45, 7) is 3.68. The Balaban J connectivity index is 1.43. The third-order valence-corrected chi connectivity index (χ3v) is 4.17. The second-order valence-electron chi connectivity index (χ2n) is 6.02. The molecular formula is C18H22N4O2. The van der Waals surface area contributed by atoms with Crippen LogP contribution in [-0.2, 0) is 0 Å². The van der Waals surface area contributed by atoms with Crippen molar-refractivity contribution in [3.63, 3.8) is 0 Å². The van der Waals surface area contributed by atoms with E-state index in [-0.39, 0.29) is 5.91 Å². The molecule has 0 radical (unpaired) electrons. The van der Waals surface area contributed by atoms with Crippen LogP contribution >= 0.6 is 0 Å². The first-order valence-corrected chi connectivity index (χ1v) is 8.27. The van der Waals surface area contributed by atoms with Crippen LogP contribution in [0.1, 0.15) is 29.0 Å². The lowest BCUT2D eigenvalue weighted by Crippen LogP contribution is -2.41. The van der Waals surface area contributed by atoms with Crippen molar-refractivity contribution in [3.05, 3.63) is 54.5 Å². The second kappa shape index (κ2) is 8.40. The number of rotatable bonds is 6. The zero-order valence-electron chi connectivity index (χ0n) is 13.6. The molecule has 126 valence electrons. The highest BCUT2D eigenvalue weighted by atomic mass is 16.3. The van der Waals surface area contributed by atoms with Gasteiger partial charge in [-0.3, -0.25) is 9.69 Å². The number of piperidine rings is 1. The smallest absolute Gasteiger partial charge is 0.254 e. The molecule has 3 heterocycles. The van der Waals surface area contributed by atoms with Crippen LogP contribution in [-0.4, -0.2) is 47.0 Å². The molecule has 1 atom stereocenters. The first kappa shape index (κ1) is 16.4. The van der Waals surface area contributed by atoms with E-state index < -0.39 is 0 Å². The maximum Gasteiger partial charge on any atom is 0.254 e. The summed E-state index contributed by atoms with van der Waals surface area (Å²) in [5, 5.41) is 2.99. The summed E-state index contributed by atoms with van der Waals surface area (Å²) in [6, 6.07) is 3.83. The summed E-state index contributed by atoms with van der Waals surface area (Å²) < 4.78 is 5.29. The zero-order chi connectivity index (χ0) is 16.6. The van der Waals surface area contributed by atoms with Crippen molar-refractivity contribution in [2.24, 2.45) is 5.92 Å². The number of carbonyl (C=O) groups is 1. The third-order valence-electron chi connectivity index (χ3n) is 4.17. The average Bonchev–Trinajstić information content (AvgIpc) is 3.14. The molecule has 1 fully saturated rings. The van der Waals surface area contributed by atoms with E-state index in [9.17, 15) is 4.79 Å². The van der Waals surface area contributed by atoms with Gasteiger partial charge in [0.15, 0.2) is 0 Å². The van der Waals surface area contributed by atoms with Crippen LogP contribution in [0.2, 0.25) is 0 Å². The van der Waals surface area contributed by atoms with Crippen LogP contribution in [0.4, 0.5) is 0 Å². The molecule has 1 unspecified atom stereocenters. The summed E-state index contributed by atoms with van der Waals surface area (Å²) >= 11 is 0. The van der Waals surface area contributed by atoms with E-state index in [0.717, 1.165) is 38.2 Å². The largest absolute Gasteiger partial charge is 0.465 e. The zero-order valence-corrected chi connectivity index (χ0v) is 13.6. The van der Waals surface area contributed by atoms with Gasteiger partial charge in [0.1, 0.15) is 12.1 Å². The number of likely N-dealkylation sites (tertiary alicyclic amines) is 1. The summed E-state index contributed by atoms with van der Waals surface area (Å²) in [4.78, 5) is 22.2. The van der Waals surface area contributed by atoms with Crippen molar-refractivity contribution in [2.75, 3.05) is 26.2 Å². The molecule has 2 aromatic rings. The Labute approximate surface area is 141 Å². The first-order valence-electron chi connectivity index (χ1n) is 8.27. The Hall–Kier alpha value is -2.47. The SMILES string of the molecule is O=C(NCC1CCCN(CC=Cc2ccco2)C1)c1cncnc1. The quantitative estimate of drug-likeness (QED) is 0.881. The molecule has 1 saturated heterocycles. The van der Waals surface area contributed by atoms with E-state index in [4.69, 9.17) is 4.42 Å². The van der Waals surface area contributed by atoms with Crippen molar-refractivity contribution in [3.8, 4) is 0 Å². The normalized spacial score (nSPS) is 18.8. The van der Waals surface area contributed by atoms with Gasteiger partial charge < -0.3 is 9.73 Å². The summed E-state index contributed by atoms with van der Waals surface area (Å²) in [5.41, 5.74) is 0.506. The minimum absolute atomic E-state index is 0.106. The number of hydrogen-bond acceptors (Lipinski definition) is 5. The van der Waals surface area contributed by atoms with Gasteiger partial charge in [-0.2, -0.15) is 0 Å². The number of carbonyl (C=O) groups excluding carboxylic acids is 1. The van der Waals surface area contributed by atoms with Gasteiger partial charge in [0.05, 0.1) is 11.8 Å². The molecule has 0 aliphatic carbocycles. The Morgan fingerprint density at radius 2 is 2.29 bits per heavy atom. The number of aromatic nitrogens is 2. The second-order valence-corrected chi connectivity index (χ2v) is 6.02. The third kappa shape index (κ3) is 4.76. The van der Waals surface area contributed by atoms with Gasteiger partial charge in [0.25, 0.3) is 5.91 Å². The van der Waals surface area contributed by atoms with Crippen molar-refractivity contribution in [1.29, 1.82) is 0 Å². The molecule has 24 heavy (non-hydrogen) atoms. The Morgan fingerprint density at radius 3 is 3.08 bits per heavy atom. The average molecular weight is 326 g/mol. The molecule has 2 aromatic heterocycles. The van der Waals surface area contributed by atoms with Crippen molar-refractivity contribution >= 4 is 12.0 Å². The van der Waals surface area contributed by atoms with Gasteiger partial charge in [-0.25, -0.2) is 9.97 Å². The molecule has 0 bridgehead atoms. The van der Waals surface area contributed by atoms with Gasteiger partial charge in [0, 0.05) is 32.0 Å². The molecule has 1 N–H and O–H groups in total. The Morgan fingerprint density at radius 1 is 1.42 bits per heavy atom. The Bertz CT molecular complexity index is 655. The lowest BCUT2D eigenvalue weighted by molar-refractivity contribution is 0.0934.